The second-order valence-electron chi connectivity index (χ2n) is 6.84. The molecule has 0 radical (unpaired) electrons. The van der Waals surface area contributed by atoms with E-state index in [2.05, 4.69) is 23.7 Å². The van der Waals surface area contributed by atoms with Gasteiger partial charge < -0.3 is 4.57 Å². The Morgan fingerprint density at radius 1 is 1.00 bits per heavy atom. The lowest BCUT2D eigenvalue weighted by atomic mass is 10.1. The fraction of sp³-hybridized carbons (Fsp3) is 0.300. The van der Waals surface area contributed by atoms with Crippen molar-refractivity contribution in [1.29, 1.82) is 0 Å². The maximum atomic E-state index is 13.1. The highest BCUT2D eigenvalue weighted by atomic mass is 32.2. The Bertz CT molecular complexity index is 1080. The van der Waals surface area contributed by atoms with Crippen LogP contribution in [0.25, 0.3) is 10.9 Å². The molecule has 0 amide bonds. The highest BCUT2D eigenvalue weighted by Crippen LogP contribution is 2.32. The van der Waals surface area contributed by atoms with Crippen LogP contribution in [-0.2, 0) is 30.0 Å². The van der Waals surface area contributed by atoms with E-state index in [1.165, 1.54) is 5.69 Å². The van der Waals surface area contributed by atoms with E-state index < -0.39 is 10.0 Å². The fourth-order valence-electron chi connectivity index (χ4n) is 3.73. The quantitative estimate of drug-likeness (QED) is 0.706. The Morgan fingerprint density at radius 2 is 1.76 bits per heavy atom. The second-order valence-corrected chi connectivity index (χ2v) is 8.77. The van der Waals surface area contributed by atoms with Crippen LogP contribution in [-0.4, -0.2) is 23.8 Å². The zero-order chi connectivity index (χ0) is 17.8. The van der Waals surface area contributed by atoms with Gasteiger partial charge in [0.15, 0.2) is 0 Å². The maximum absolute atomic E-state index is 13.1. The first-order valence-corrected chi connectivity index (χ1v) is 9.96. The Kier molecular flexibility index (Phi) is 3.74. The molecule has 0 spiro atoms. The van der Waals surface area contributed by atoms with Gasteiger partial charge >= 0.3 is 0 Å². The highest BCUT2D eigenvalue weighted by Gasteiger charge is 2.31. The van der Waals surface area contributed by atoms with Crippen LogP contribution >= 0.6 is 0 Å². The number of para-hydroxylation sites is 1. The molecule has 0 saturated carbocycles. The molecule has 2 heterocycles. The minimum absolute atomic E-state index is 0.388. The fourth-order valence-corrected chi connectivity index (χ4v) is 5.23. The van der Waals surface area contributed by atoms with Crippen molar-refractivity contribution in [1.82, 2.24) is 8.87 Å². The lowest BCUT2D eigenvalue weighted by Gasteiger charge is -2.27. The van der Waals surface area contributed by atoms with Crippen LogP contribution in [0.15, 0.2) is 47.4 Å². The Balaban J connectivity index is 1.77. The number of hydrogen-bond acceptors (Lipinski definition) is 2. The van der Waals surface area contributed by atoms with Gasteiger partial charge in [-0.1, -0.05) is 24.3 Å². The SMILES string of the molecule is Cc1ccc(S(=O)(=O)N2CCc3c(c4ccccc4n3C)C2)cc1C. The first-order chi connectivity index (χ1) is 11.9. The number of benzene rings is 2. The number of hydrogen-bond donors (Lipinski definition) is 0. The molecule has 0 fully saturated rings. The van der Waals surface area contributed by atoms with Crippen LogP contribution in [0.4, 0.5) is 0 Å². The smallest absolute Gasteiger partial charge is 0.243 e. The van der Waals surface area contributed by atoms with Crippen molar-refractivity contribution >= 4 is 20.9 Å². The molecule has 0 saturated heterocycles. The number of aromatic nitrogens is 1. The number of fused-ring (bicyclic) bond motifs is 3. The van der Waals surface area contributed by atoms with Crippen LogP contribution in [0.5, 0.6) is 0 Å². The molecule has 0 unspecified atom stereocenters. The van der Waals surface area contributed by atoms with Gasteiger partial charge in [0.25, 0.3) is 0 Å². The molecule has 1 aromatic heterocycles. The van der Waals surface area contributed by atoms with Gasteiger partial charge in [0.05, 0.1) is 4.90 Å². The molecular weight excluding hydrogens is 332 g/mol. The predicted octanol–water partition coefficient (Wildman–Crippen LogP) is 3.54. The minimum Gasteiger partial charge on any atom is -0.347 e. The lowest BCUT2D eigenvalue weighted by Crippen LogP contribution is -2.36. The van der Waals surface area contributed by atoms with Crippen LogP contribution in [0.2, 0.25) is 0 Å². The first-order valence-electron chi connectivity index (χ1n) is 8.52. The topological polar surface area (TPSA) is 42.3 Å². The standard InChI is InChI=1S/C20H22N2O2S/c1-14-8-9-16(12-15(14)2)25(23,24)22-11-10-20-18(13-22)17-6-4-5-7-19(17)21(20)3/h4-9,12H,10-11,13H2,1-3H3. The highest BCUT2D eigenvalue weighted by molar-refractivity contribution is 7.89. The first kappa shape index (κ1) is 16.4. The van der Waals surface area contributed by atoms with Gasteiger partial charge in [-0.15, -0.1) is 0 Å². The average Bonchev–Trinajstić information content (AvgIpc) is 2.90. The molecule has 0 aliphatic carbocycles. The van der Waals surface area contributed by atoms with Crippen molar-refractivity contribution in [3.05, 3.63) is 64.8 Å². The zero-order valence-corrected chi connectivity index (χ0v) is 15.6. The largest absolute Gasteiger partial charge is 0.347 e. The van der Waals surface area contributed by atoms with Gasteiger partial charge in [-0.25, -0.2) is 8.42 Å². The van der Waals surface area contributed by atoms with Crippen LogP contribution in [0, 0.1) is 13.8 Å². The van der Waals surface area contributed by atoms with Gasteiger partial charge in [0.2, 0.25) is 10.0 Å². The van der Waals surface area contributed by atoms with E-state index in [0.29, 0.717) is 18.0 Å². The molecule has 1 aliphatic rings. The predicted molar refractivity (Wildman–Crippen MR) is 100 cm³/mol. The van der Waals surface area contributed by atoms with Gasteiger partial charge in [-0.05, 0) is 48.7 Å². The van der Waals surface area contributed by atoms with Gasteiger partial charge in [0.1, 0.15) is 0 Å². The van der Waals surface area contributed by atoms with Crippen molar-refractivity contribution in [3.8, 4) is 0 Å². The molecule has 0 bridgehead atoms. The molecule has 3 aromatic rings. The van der Waals surface area contributed by atoms with Crippen molar-refractivity contribution in [3.63, 3.8) is 0 Å². The van der Waals surface area contributed by atoms with Crippen LogP contribution in [0.1, 0.15) is 22.4 Å². The van der Waals surface area contributed by atoms with E-state index in [-0.39, 0.29) is 0 Å². The molecule has 5 heteroatoms. The summed E-state index contributed by atoms with van der Waals surface area (Å²) in [6.45, 7) is 4.90. The summed E-state index contributed by atoms with van der Waals surface area (Å²) in [5, 5.41) is 1.15. The normalized spacial score (nSPS) is 15.5. The third-order valence-corrected chi connectivity index (χ3v) is 7.23. The third-order valence-electron chi connectivity index (χ3n) is 5.39. The molecular formula is C20H22N2O2S. The summed E-state index contributed by atoms with van der Waals surface area (Å²) in [7, 11) is -1.42. The summed E-state index contributed by atoms with van der Waals surface area (Å²) in [5.74, 6) is 0. The van der Waals surface area contributed by atoms with Gasteiger partial charge in [-0.3, -0.25) is 0 Å². The van der Waals surface area contributed by atoms with E-state index in [1.54, 1.807) is 16.4 Å². The summed E-state index contributed by atoms with van der Waals surface area (Å²) >= 11 is 0. The van der Waals surface area contributed by atoms with E-state index in [9.17, 15) is 8.42 Å². The third kappa shape index (κ3) is 2.50. The van der Waals surface area contributed by atoms with Crippen LogP contribution < -0.4 is 0 Å². The molecule has 25 heavy (non-hydrogen) atoms. The Hall–Kier alpha value is -2.11. The van der Waals surface area contributed by atoms with E-state index in [0.717, 1.165) is 34.0 Å². The van der Waals surface area contributed by atoms with Crippen molar-refractivity contribution in [2.24, 2.45) is 7.05 Å². The molecule has 0 atom stereocenters. The Morgan fingerprint density at radius 3 is 2.52 bits per heavy atom. The molecule has 130 valence electrons. The van der Waals surface area contributed by atoms with Gasteiger partial charge in [-0.2, -0.15) is 4.31 Å². The van der Waals surface area contributed by atoms with Crippen molar-refractivity contribution in [2.45, 2.75) is 31.7 Å². The summed E-state index contributed by atoms with van der Waals surface area (Å²) in [6, 6.07) is 13.6. The number of sulfonamides is 1. The minimum atomic E-state index is -3.48. The summed E-state index contributed by atoms with van der Waals surface area (Å²) in [6.07, 6.45) is 0.741. The monoisotopic (exact) mass is 354 g/mol. The molecule has 4 rings (SSSR count). The second kappa shape index (κ2) is 5.71. The average molecular weight is 354 g/mol. The van der Waals surface area contributed by atoms with Crippen molar-refractivity contribution in [2.75, 3.05) is 6.54 Å². The zero-order valence-electron chi connectivity index (χ0n) is 14.8. The number of rotatable bonds is 2. The molecule has 0 N–H and O–H groups in total. The number of nitrogens with zero attached hydrogens (tertiary/aromatic N) is 2. The number of aryl methyl sites for hydroxylation is 3. The van der Waals surface area contributed by atoms with E-state index in [1.807, 2.05) is 32.0 Å². The lowest BCUT2D eigenvalue weighted by molar-refractivity contribution is 0.388. The molecule has 2 aromatic carbocycles. The molecule has 4 nitrogen and oxygen atoms in total. The van der Waals surface area contributed by atoms with Crippen molar-refractivity contribution < 1.29 is 8.42 Å². The summed E-state index contributed by atoms with van der Waals surface area (Å²) in [4.78, 5) is 0.388. The molecule has 1 aliphatic heterocycles. The van der Waals surface area contributed by atoms with E-state index in [4.69, 9.17) is 0 Å². The van der Waals surface area contributed by atoms with Crippen LogP contribution in [0.3, 0.4) is 0 Å². The Labute approximate surface area is 148 Å². The summed E-state index contributed by atoms with van der Waals surface area (Å²) < 4.78 is 30.1. The maximum Gasteiger partial charge on any atom is 0.243 e. The van der Waals surface area contributed by atoms with Gasteiger partial charge in [0, 0.05) is 43.2 Å². The van der Waals surface area contributed by atoms with E-state index >= 15 is 0 Å². The summed E-state index contributed by atoms with van der Waals surface area (Å²) in [5.41, 5.74) is 5.65.